The first-order valence-electron chi connectivity index (χ1n) is 7.57. The molecule has 0 aromatic heterocycles. The molecule has 1 atom stereocenters. The first kappa shape index (κ1) is 14.9. The van der Waals surface area contributed by atoms with E-state index in [9.17, 15) is 9.90 Å². The number of carboxylic acid groups (broad SMARTS) is 1. The molecule has 0 aliphatic heterocycles. The number of carboxylic acids is 1. The molecule has 0 amide bonds. The Hall–Kier alpha value is -1.51. The quantitative estimate of drug-likeness (QED) is 0.829. The SMILES string of the molecule is COc1ccccc1CC(C(=O)O)C1CCCCCC1. The summed E-state index contributed by atoms with van der Waals surface area (Å²) in [5, 5.41) is 9.60. The molecule has 1 saturated carbocycles. The number of carbonyl (C=O) groups is 1. The van der Waals surface area contributed by atoms with E-state index in [1.807, 2.05) is 24.3 Å². The third kappa shape index (κ3) is 3.75. The monoisotopic (exact) mass is 276 g/mol. The second-order valence-electron chi connectivity index (χ2n) is 5.71. The van der Waals surface area contributed by atoms with Gasteiger partial charge in [-0.2, -0.15) is 0 Å². The van der Waals surface area contributed by atoms with Crippen molar-refractivity contribution < 1.29 is 14.6 Å². The van der Waals surface area contributed by atoms with Crippen LogP contribution in [0.3, 0.4) is 0 Å². The molecule has 0 bridgehead atoms. The van der Waals surface area contributed by atoms with E-state index < -0.39 is 5.97 Å². The zero-order valence-electron chi connectivity index (χ0n) is 12.2. The minimum absolute atomic E-state index is 0.288. The predicted octanol–water partition coefficient (Wildman–Crippen LogP) is 3.91. The van der Waals surface area contributed by atoms with Gasteiger partial charge in [0.15, 0.2) is 0 Å². The third-order valence-electron chi connectivity index (χ3n) is 4.42. The Balaban J connectivity index is 2.14. The minimum atomic E-state index is -0.664. The maximum atomic E-state index is 11.7. The van der Waals surface area contributed by atoms with Crippen molar-refractivity contribution >= 4 is 5.97 Å². The van der Waals surface area contributed by atoms with Crippen LogP contribution < -0.4 is 4.74 Å². The van der Waals surface area contributed by atoms with E-state index in [2.05, 4.69) is 0 Å². The van der Waals surface area contributed by atoms with Crippen LogP contribution in [0, 0.1) is 11.8 Å². The highest BCUT2D eigenvalue weighted by Crippen LogP contribution is 2.33. The van der Waals surface area contributed by atoms with Crippen molar-refractivity contribution in [1.29, 1.82) is 0 Å². The van der Waals surface area contributed by atoms with Crippen LogP contribution in [0.2, 0.25) is 0 Å². The van der Waals surface area contributed by atoms with Crippen LogP contribution in [0.4, 0.5) is 0 Å². The van der Waals surface area contributed by atoms with Gasteiger partial charge >= 0.3 is 5.97 Å². The van der Waals surface area contributed by atoms with Gasteiger partial charge in [-0.1, -0.05) is 43.9 Å². The highest BCUT2D eigenvalue weighted by Gasteiger charge is 2.29. The van der Waals surface area contributed by atoms with E-state index in [1.165, 1.54) is 25.7 Å². The largest absolute Gasteiger partial charge is 0.496 e. The van der Waals surface area contributed by atoms with E-state index in [4.69, 9.17) is 4.74 Å². The molecule has 3 heteroatoms. The summed E-state index contributed by atoms with van der Waals surface area (Å²) in [5.74, 6) is 0.152. The minimum Gasteiger partial charge on any atom is -0.496 e. The average molecular weight is 276 g/mol. The maximum Gasteiger partial charge on any atom is 0.307 e. The molecule has 110 valence electrons. The lowest BCUT2D eigenvalue weighted by Gasteiger charge is -2.23. The summed E-state index contributed by atoms with van der Waals surface area (Å²) in [5.41, 5.74) is 1.01. The molecule has 1 aliphatic carbocycles. The smallest absolute Gasteiger partial charge is 0.307 e. The lowest BCUT2D eigenvalue weighted by molar-refractivity contribution is -0.143. The Labute approximate surface area is 121 Å². The van der Waals surface area contributed by atoms with Crippen LogP contribution >= 0.6 is 0 Å². The summed E-state index contributed by atoms with van der Waals surface area (Å²) in [6, 6.07) is 7.75. The fourth-order valence-corrected chi connectivity index (χ4v) is 3.28. The summed E-state index contributed by atoms with van der Waals surface area (Å²) >= 11 is 0. The summed E-state index contributed by atoms with van der Waals surface area (Å²) in [6.45, 7) is 0. The van der Waals surface area contributed by atoms with Crippen molar-refractivity contribution in [2.45, 2.75) is 44.9 Å². The van der Waals surface area contributed by atoms with Crippen LogP contribution in [0.1, 0.15) is 44.1 Å². The van der Waals surface area contributed by atoms with E-state index in [0.29, 0.717) is 12.3 Å². The standard InChI is InChI=1S/C17H24O3/c1-20-16-11-7-6-10-14(16)12-15(17(18)19)13-8-4-2-3-5-9-13/h6-7,10-11,13,15H,2-5,8-9,12H2,1H3,(H,18,19). The van der Waals surface area contributed by atoms with Crippen molar-refractivity contribution in [1.82, 2.24) is 0 Å². The Morgan fingerprint density at radius 1 is 1.25 bits per heavy atom. The van der Waals surface area contributed by atoms with Gasteiger partial charge in [0.05, 0.1) is 13.0 Å². The van der Waals surface area contributed by atoms with Crippen molar-refractivity contribution in [2.75, 3.05) is 7.11 Å². The fraction of sp³-hybridized carbons (Fsp3) is 0.588. The van der Waals surface area contributed by atoms with Gasteiger partial charge in [0.2, 0.25) is 0 Å². The van der Waals surface area contributed by atoms with Gasteiger partial charge in [-0.05, 0) is 36.8 Å². The van der Waals surface area contributed by atoms with E-state index in [0.717, 1.165) is 24.2 Å². The van der Waals surface area contributed by atoms with Gasteiger partial charge < -0.3 is 9.84 Å². The summed E-state index contributed by atoms with van der Waals surface area (Å²) in [4.78, 5) is 11.7. The molecule has 20 heavy (non-hydrogen) atoms. The first-order valence-corrected chi connectivity index (χ1v) is 7.57. The number of para-hydroxylation sites is 1. The Morgan fingerprint density at radius 3 is 2.50 bits per heavy atom. The molecule has 0 saturated heterocycles. The maximum absolute atomic E-state index is 11.7. The topological polar surface area (TPSA) is 46.5 Å². The Morgan fingerprint density at radius 2 is 1.90 bits per heavy atom. The summed E-state index contributed by atoms with van der Waals surface area (Å²) < 4.78 is 5.35. The Bertz CT molecular complexity index is 434. The van der Waals surface area contributed by atoms with Crippen LogP contribution in [0.5, 0.6) is 5.75 Å². The van der Waals surface area contributed by atoms with Crippen molar-refractivity contribution in [3.8, 4) is 5.75 Å². The molecule has 1 unspecified atom stereocenters. The molecule has 3 nitrogen and oxygen atoms in total. The predicted molar refractivity (Wildman–Crippen MR) is 79.0 cm³/mol. The number of methoxy groups -OCH3 is 1. The zero-order chi connectivity index (χ0) is 14.4. The van der Waals surface area contributed by atoms with Crippen LogP contribution in [0.15, 0.2) is 24.3 Å². The van der Waals surface area contributed by atoms with E-state index in [-0.39, 0.29) is 5.92 Å². The molecule has 1 fully saturated rings. The molecule has 1 aromatic rings. The van der Waals surface area contributed by atoms with E-state index >= 15 is 0 Å². The van der Waals surface area contributed by atoms with Crippen molar-refractivity contribution in [2.24, 2.45) is 11.8 Å². The van der Waals surface area contributed by atoms with E-state index in [1.54, 1.807) is 7.11 Å². The van der Waals surface area contributed by atoms with Gasteiger partial charge in [-0.25, -0.2) is 0 Å². The lowest BCUT2D eigenvalue weighted by atomic mass is 9.82. The highest BCUT2D eigenvalue weighted by molar-refractivity contribution is 5.71. The number of hydrogen-bond acceptors (Lipinski definition) is 2. The number of benzene rings is 1. The zero-order valence-corrected chi connectivity index (χ0v) is 12.2. The van der Waals surface area contributed by atoms with Gasteiger partial charge in [-0.15, -0.1) is 0 Å². The van der Waals surface area contributed by atoms with Crippen LogP contribution in [0.25, 0.3) is 0 Å². The molecule has 0 heterocycles. The van der Waals surface area contributed by atoms with Gasteiger partial charge in [0.1, 0.15) is 5.75 Å². The molecule has 1 N–H and O–H groups in total. The van der Waals surface area contributed by atoms with Gasteiger partial charge in [-0.3, -0.25) is 4.79 Å². The molecule has 1 aromatic carbocycles. The lowest BCUT2D eigenvalue weighted by Crippen LogP contribution is -2.25. The second-order valence-corrected chi connectivity index (χ2v) is 5.71. The Kier molecular flexibility index (Phi) is 5.45. The van der Waals surface area contributed by atoms with Crippen molar-refractivity contribution in [3.05, 3.63) is 29.8 Å². The molecular weight excluding hydrogens is 252 g/mol. The number of ether oxygens (including phenoxy) is 1. The third-order valence-corrected chi connectivity index (χ3v) is 4.42. The molecular formula is C17H24O3. The number of aliphatic carboxylic acids is 1. The van der Waals surface area contributed by atoms with Gasteiger partial charge in [0.25, 0.3) is 0 Å². The number of hydrogen-bond donors (Lipinski definition) is 1. The molecule has 0 radical (unpaired) electrons. The highest BCUT2D eigenvalue weighted by atomic mass is 16.5. The van der Waals surface area contributed by atoms with Gasteiger partial charge in [0, 0.05) is 0 Å². The normalized spacial score (nSPS) is 18.2. The van der Waals surface area contributed by atoms with Crippen molar-refractivity contribution in [3.63, 3.8) is 0 Å². The first-order chi connectivity index (χ1) is 9.72. The second kappa shape index (κ2) is 7.32. The van der Waals surface area contributed by atoms with Crippen LogP contribution in [-0.2, 0) is 11.2 Å². The molecule has 0 spiro atoms. The number of rotatable bonds is 5. The summed E-state index contributed by atoms with van der Waals surface area (Å²) in [7, 11) is 1.64. The fourth-order valence-electron chi connectivity index (χ4n) is 3.28. The van der Waals surface area contributed by atoms with Crippen LogP contribution in [-0.4, -0.2) is 18.2 Å². The average Bonchev–Trinajstić information content (AvgIpc) is 2.73. The summed E-state index contributed by atoms with van der Waals surface area (Å²) in [6.07, 6.45) is 7.50. The molecule has 1 aliphatic rings. The molecule has 2 rings (SSSR count).